The number of aryl methyl sites for hydroxylation is 2. The lowest BCUT2D eigenvalue weighted by Gasteiger charge is -2.11. The SMILES string of the molecule is COc1cccc(Nc2cc3[nH]ccc3c(C(=O)NCc3c(C)cc(C)[nH]c3=O)n2)c1. The summed E-state index contributed by atoms with van der Waals surface area (Å²) >= 11 is 0. The zero-order valence-electron chi connectivity index (χ0n) is 17.5. The largest absolute Gasteiger partial charge is 0.497 e. The summed E-state index contributed by atoms with van der Waals surface area (Å²) in [6.07, 6.45) is 1.76. The van der Waals surface area contributed by atoms with Gasteiger partial charge in [-0.2, -0.15) is 0 Å². The zero-order chi connectivity index (χ0) is 22.0. The van der Waals surface area contributed by atoms with Gasteiger partial charge in [0.25, 0.3) is 11.5 Å². The van der Waals surface area contributed by atoms with Crippen LogP contribution >= 0.6 is 0 Å². The first-order chi connectivity index (χ1) is 14.9. The fourth-order valence-electron chi connectivity index (χ4n) is 3.50. The summed E-state index contributed by atoms with van der Waals surface area (Å²) < 4.78 is 5.25. The van der Waals surface area contributed by atoms with E-state index in [0.717, 1.165) is 22.5 Å². The number of hydrogen-bond acceptors (Lipinski definition) is 5. The van der Waals surface area contributed by atoms with Gasteiger partial charge in [0.15, 0.2) is 0 Å². The maximum Gasteiger partial charge on any atom is 0.270 e. The van der Waals surface area contributed by atoms with Gasteiger partial charge in [0.05, 0.1) is 12.6 Å². The standard InChI is InChI=1S/C23H23N5O3/c1-13-9-14(2)26-22(29)18(13)12-25-23(30)21-17-7-8-24-19(17)11-20(28-21)27-15-5-4-6-16(10-15)31-3/h4-11,24H,12H2,1-3H3,(H,25,30)(H,26,29)(H,27,28). The molecule has 8 nitrogen and oxygen atoms in total. The molecule has 1 amide bonds. The van der Waals surface area contributed by atoms with Crippen molar-refractivity contribution in [3.05, 3.63) is 81.5 Å². The molecule has 0 aliphatic carbocycles. The fraction of sp³-hybridized carbons (Fsp3) is 0.174. The molecule has 0 aliphatic rings. The highest BCUT2D eigenvalue weighted by Crippen LogP contribution is 2.24. The molecule has 31 heavy (non-hydrogen) atoms. The molecular weight excluding hydrogens is 394 g/mol. The van der Waals surface area contributed by atoms with Crippen LogP contribution in [0.25, 0.3) is 10.9 Å². The fourth-order valence-corrected chi connectivity index (χ4v) is 3.50. The van der Waals surface area contributed by atoms with Crippen molar-refractivity contribution in [3.8, 4) is 5.75 Å². The molecule has 4 rings (SSSR count). The van der Waals surface area contributed by atoms with Gasteiger partial charge in [-0.05, 0) is 43.7 Å². The third-order valence-corrected chi connectivity index (χ3v) is 5.02. The van der Waals surface area contributed by atoms with E-state index < -0.39 is 0 Å². The van der Waals surface area contributed by atoms with E-state index in [1.807, 2.05) is 50.2 Å². The summed E-state index contributed by atoms with van der Waals surface area (Å²) in [5.41, 5.74) is 3.76. The molecule has 0 aliphatic heterocycles. The number of anilines is 2. The Balaban J connectivity index is 1.61. The van der Waals surface area contributed by atoms with Gasteiger partial charge < -0.3 is 25.3 Å². The topological polar surface area (TPSA) is 112 Å². The average Bonchev–Trinajstić information content (AvgIpc) is 3.21. The summed E-state index contributed by atoms with van der Waals surface area (Å²) in [6, 6.07) is 13.0. The maximum atomic E-state index is 13.0. The zero-order valence-corrected chi connectivity index (χ0v) is 17.5. The second-order valence-electron chi connectivity index (χ2n) is 7.28. The number of nitrogens with one attached hydrogen (secondary N) is 4. The molecule has 8 heteroatoms. The van der Waals surface area contributed by atoms with Crippen molar-refractivity contribution in [2.45, 2.75) is 20.4 Å². The average molecular weight is 417 g/mol. The van der Waals surface area contributed by atoms with Crippen molar-refractivity contribution < 1.29 is 9.53 Å². The molecule has 0 spiro atoms. The first-order valence-electron chi connectivity index (χ1n) is 9.81. The summed E-state index contributed by atoms with van der Waals surface area (Å²) in [5, 5.41) is 6.73. The number of hydrogen-bond donors (Lipinski definition) is 4. The Morgan fingerprint density at radius 3 is 2.77 bits per heavy atom. The van der Waals surface area contributed by atoms with Crippen LogP contribution in [0.4, 0.5) is 11.5 Å². The predicted octanol–water partition coefficient (Wildman–Crippen LogP) is 3.55. The molecule has 1 aromatic carbocycles. The number of carbonyl (C=O) groups is 1. The van der Waals surface area contributed by atoms with Gasteiger partial charge in [0.2, 0.25) is 0 Å². The van der Waals surface area contributed by atoms with E-state index >= 15 is 0 Å². The van der Waals surface area contributed by atoms with E-state index in [2.05, 4.69) is 25.6 Å². The van der Waals surface area contributed by atoms with Crippen LogP contribution in [-0.2, 0) is 6.54 Å². The number of pyridine rings is 2. The van der Waals surface area contributed by atoms with Gasteiger partial charge in [-0.15, -0.1) is 0 Å². The van der Waals surface area contributed by atoms with Crippen LogP contribution in [-0.4, -0.2) is 28.0 Å². The van der Waals surface area contributed by atoms with Gasteiger partial charge in [0.1, 0.15) is 17.3 Å². The second kappa shape index (κ2) is 8.35. The normalized spacial score (nSPS) is 10.8. The molecule has 0 bridgehead atoms. The smallest absolute Gasteiger partial charge is 0.270 e. The summed E-state index contributed by atoms with van der Waals surface area (Å²) in [6.45, 7) is 3.79. The minimum atomic E-state index is -0.363. The van der Waals surface area contributed by atoms with Gasteiger partial charge in [-0.3, -0.25) is 9.59 Å². The highest BCUT2D eigenvalue weighted by atomic mass is 16.5. The van der Waals surface area contributed by atoms with Crippen LogP contribution in [0.1, 0.15) is 27.3 Å². The molecule has 4 aromatic rings. The Kier molecular flexibility index (Phi) is 5.44. The molecular formula is C23H23N5O3. The van der Waals surface area contributed by atoms with Crippen molar-refractivity contribution in [2.75, 3.05) is 12.4 Å². The lowest BCUT2D eigenvalue weighted by Crippen LogP contribution is -2.28. The minimum absolute atomic E-state index is 0.113. The number of H-pyrrole nitrogens is 2. The molecule has 3 heterocycles. The number of benzene rings is 1. The summed E-state index contributed by atoms with van der Waals surface area (Å²) in [5.74, 6) is 0.860. The molecule has 158 valence electrons. The molecule has 0 saturated heterocycles. The number of carbonyl (C=O) groups excluding carboxylic acids is 1. The van der Waals surface area contributed by atoms with E-state index in [4.69, 9.17) is 4.74 Å². The Hall–Kier alpha value is -4.07. The van der Waals surface area contributed by atoms with E-state index in [1.165, 1.54) is 0 Å². The molecule has 3 aromatic heterocycles. The minimum Gasteiger partial charge on any atom is -0.497 e. The third-order valence-electron chi connectivity index (χ3n) is 5.02. The lowest BCUT2D eigenvalue weighted by molar-refractivity contribution is 0.0947. The van der Waals surface area contributed by atoms with Crippen LogP contribution in [0.5, 0.6) is 5.75 Å². The van der Waals surface area contributed by atoms with Gasteiger partial charge in [-0.25, -0.2) is 4.98 Å². The van der Waals surface area contributed by atoms with Crippen LogP contribution in [0, 0.1) is 13.8 Å². The molecule has 0 atom stereocenters. The Bertz CT molecular complexity index is 1320. The monoisotopic (exact) mass is 417 g/mol. The van der Waals surface area contributed by atoms with E-state index in [0.29, 0.717) is 22.5 Å². The number of fused-ring (bicyclic) bond motifs is 1. The van der Waals surface area contributed by atoms with E-state index in [-0.39, 0.29) is 23.7 Å². The highest BCUT2D eigenvalue weighted by molar-refractivity contribution is 6.05. The quantitative estimate of drug-likeness (QED) is 0.383. The van der Waals surface area contributed by atoms with Gasteiger partial charge in [0, 0.05) is 47.2 Å². The Labute approximate surface area is 178 Å². The van der Waals surface area contributed by atoms with Crippen LogP contribution < -0.4 is 20.9 Å². The maximum absolute atomic E-state index is 13.0. The summed E-state index contributed by atoms with van der Waals surface area (Å²) in [7, 11) is 1.60. The first-order valence-corrected chi connectivity index (χ1v) is 9.81. The summed E-state index contributed by atoms with van der Waals surface area (Å²) in [4.78, 5) is 35.6. The number of ether oxygens (including phenoxy) is 1. The van der Waals surface area contributed by atoms with Crippen molar-refractivity contribution in [2.24, 2.45) is 0 Å². The lowest BCUT2D eigenvalue weighted by atomic mass is 10.1. The molecule has 0 fully saturated rings. The second-order valence-corrected chi connectivity index (χ2v) is 7.28. The predicted molar refractivity (Wildman–Crippen MR) is 120 cm³/mol. The van der Waals surface area contributed by atoms with Crippen molar-refractivity contribution in [1.82, 2.24) is 20.3 Å². The number of methoxy groups -OCH3 is 1. The van der Waals surface area contributed by atoms with Gasteiger partial charge in [-0.1, -0.05) is 6.07 Å². The number of nitrogens with zero attached hydrogens (tertiary/aromatic N) is 1. The molecule has 0 unspecified atom stereocenters. The molecule has 0 saturated carbocycles. The van der Waals surface area contributed by atoms with Gasteiger partial charge >= 0.3 is 0 Å². The first kappa shape index (κ1) is 20.2. The highest BCUT2D eigenvalue weighted by Gasteiger charge is 2.16. The number of aromatic amines is 2. The molecule has 4 N–H and O–H groups in total. The van der Waals surface area contributed by atoms with E-state index in [1.54, 1.807) is 19.4 Å². The Morgan fingerprint density at radius 1 is 1.16 bits per heavy atom. The van der Waals surface area contributed by atoms with Crippen LogP contribution in [0.2, 0.25) is 0 Å². The number of aromatic nitrogens is 3. The van der Waals surface area contributed by atoms with Crippen molar-refractivity contribution >= 4 is 28.3 Å². The number of rotatable bonds is 6. The van der Waals surface area contributed by atoms with E-state index in [9.17, 15) is 9.59 Å². The van der Waals surface area contributed by atoms with Crippen molar-refractivity contribution in [3.63, 3.8) is 0 Å². The van der Waals surface area contributed by atoms with Crippen LogP contribution in [0.3, 0.4) is 0 Å². The Morgan fingerprint density at radius 2 is 2.00 bits per heavy atom. The molecule has 0 radical (unpaired) electrons. The third kappa shape index (κ3) is 4.28. The number of amides is 1. The van der Waals surface area contributed by atoms with Crippen molar-refractivity contribution in [1.29, 1.82) is 0 Å². The van der Waals surface area contributed by atoms with Crippen LogP contribution in [0.15, 0.2) is 53.5 Å².